The second-order valence-corrected chi connectivity index (χ2v) is 3.58. The molecule has 2 aromatic rings. The smallest absolute Gasteiger partial charge is 0.0478 e. The van der Waals surface area contributed by atoms with Gasteiger partial charge in [-0.1, -0.05) is 42.5 Å². The number of hydrogen-bond acceptors (Lipinski definition) is 2. The van der Waals surface area contributed by atoms with Gasteiger partial charge in [0.15, 0.2) is 0 Å². The Kier molecular flexibility index (Phi) is 2.97. The minimum Gasteiger partial charge on any atom is -0.387 e. The molecule has 0 fully saturated rings. The van der Waals surface area contributed by atoms with Gasteiger partial charge in [0, 0.05) is 18.3 Å². The fourth-order valence-electron chi connectivity index (χ4n) is 1.73. The minimum absolute atomic E-state index is 1.04. The number of hydrogen-bond donors (Lipinski definition) is 2. The second-order valence-electron chi connectivity index (χ2n) is 3.32. The highest BCUT2D eigenvalue weighted by atomic mass is 32.1. The summed E-state index contributed by atoms with van der Waals surface area (Å²) < 4.78 is 0. The first-order chi connectivity index (χ1) is 7.36. The zero-order valence-corrected chi connectivity index (χ0v) is 9.46. The van der Waals surface area contributed by atoms with Gasteiger partial charge in [0.25, 0.3) is 0 Å². The molecule has 0 aromatic heterocycles. The van der Waals surface area contributed by atoms with Gasteiger partial charge < -0.3 is 5.32 Å². The van der Waals surface area contributed by atoms with E-state index in [2.05, 4.69) is 60.4 Å². The summed E-state index contributed by atoms with van der Waals surface area (Å²) in [6.07, 6.45) is 0. The molecule has 2 heteroatoms. The lowest BCUT2D eigenvalue weighted by molar-refractivity contribution is 1.13. The Morgan fingerprint density at radius 2 is 1.87 bits per heavy atom. The summed E-state index contributed by atoms with van der Waals surface area (Å²) in [4.78, 5) is 0. The Morgan fingerprint density at radius 3 is 2.60 bits per heavy atom. The summed E-state index contributed by atoms with van der Waals surface area (Å²) >= 11 is 4.21. The zero-order chi connectivity index (χ0) is 10.7. The molecule has 0 unspecified atom stereocenters. The van der Waals surface area contributed by atoms with Crippen LogP contribution in [0.1, 0.15) is 5.56 Å². The minimum atomic E-state index is 1.04. The standard InChI is InChI=1S/C13H13NS/c1-14-13(9-15)12-8-4-6-10-5-2-3-7-11(10)12/h2-9,14-15H,1H3/b13-9-. The van der Waals surface area contributed by atoms with Gasteiger partial charge in [-0.15, -0.1) is 12.6 Å². The summed E-state index contributed by atoms with van der Waals surface area (Å²) in [6, 6.07) is 14.6. The summed E-state index contributed by atoms with van der Waals surface area (Å²) in [6.45, 7) is 0. The Labute approximate surface area is 95.2 Å². The lowest BCUT2D eigenvalue weighted by Crippen LogP contribution is -2.04. The molecule has 0 aliphatic rings. The predicted octanol–water partition coefficient (Wildman–Crippen LogP) is 3.29. The van der Waals surface area contributed by atoms with Crippen LogP contribution in [0.2, 0.25) is 0 Å². The quantitative estimate of drug-likeness (QED) is 0.733. The number of rotatable bonds is 2. The van der Waals surface area contributed by atoms with Crippen molar-refractivity contribution in [1.82, 2.24) is 5.32 Å². The molecule has 1 N–H and O–H groups in total. The van der Waals surface area contributed by atoms with Crippen LogP contribution in [-0.4, -0.2) is 7.05 Å². The van der Waals surface area contributed by atoms with E-state index >= 15 is 0 Å². The van der Waals surface area contributed by atoms with E-state index in [9.17, 15) is 0 Å². The van der Waals surface area contributed by atoms with Crippen LogP contribution in [0, 0.1) is 0 Å². The van der Waals surface area contributed by atoms with Crippen molar-refractivity contribution in [2.75, 3.05) is 7.05 Å². The van der Waals surface area contributed by atoms with Gasteiger partial charge in [0.1, 0.15) is 0 Å². The van der Waals surface area contributed by atoms with Gasteiger partial charge in [-0.2, -0.15) is 0 Å². The van der Waals surface area contributed by atoms with Crippen molar-refractivity contribution < 1.29 is 0 Å². The molecular weight excluding hydrogens is 202 g/mol. The SMILES string of the molecule is CN/C(=C\S)c1cccc2ccccc12. The van der Waals surface area contributed by atoms with E-state index in [-0.39, 0.29) is 0 Å². The van der Waals surface area contributed by atoms with Crippen molar-refractivity contribution in [3.8, 4) is 0 Å². The van der Waals surface area contributed by atoms with E-state index in [1.807, 2.05) is 7.05 Å². The first kappa shape index (κ1) is 10.1. The van der Waals surface area contributed by atoms with E-state index < -0.39 is 0 Å². The normalized spacial score (nSPS) is 11.7. The maximum Gasteiger partial charge on any atom is 0.0478 e. The molecule has 0 bridgehead atoms. The highest BCUT2D eigenvalue weighted by Crippen LogP contribution is 2.23. The monoisotopic (exact) mass is 215 g/mol. The molecule has 0 saturated heterocycles. The van der Waals surface area contributed by atoms with Gasteiger partial charge in [0.05, 0.1) is 0 Å². The third-order valence-corrected chi connectivity index (χ3v) is 2.74. The topological polar surface area (TPSA) is 12.0 Å². The molecule has 0 saturated carbocycles. The van der Waals surface area contributed by atoms with Gasteiger partial charge in [-0.25, -0.2) is 0 Å². The average molecular weight is 215 g/mol. The zero-order valence-electron chi connectivity index (χ0n) is 8.57. The maximum atomic E-state index is 4.21. The average Bonchev–Trinajstić information content (AvgIpc) is 2.31. The Morgan fingerprint density at radius 1 is 1.13 bits per heavy atom. The van der Waals surface area contributed by atoms with E-state index in [0.29, 0.717) is 0 Å². The summed E-state index contributed by atoms with van der Waals surface area (Å²) in [5, 5.41) is 7.43. The van der Waals surface area contributed by atoms with Crippen molar-refractivity contribution in [3.05, 3.63) is 53.4 Å². The molecular formula is C13H13NS. The largest absolute Gasteiger partial charge is 0.387 e. The number of nitrogens with one attached hydrogen (secondary N) is 1. The first-order valence-electron chi connectivity index (χ1n) is 4.87. The second kappa shape index (κ2) is 4.41. The molecule has 0 aliphatic heterocycles. The number of benzene rings is 2. The molecule has 0 radical (unpaired) electrons. The fourth-order valence-corrected chi connectivity index (χ4v) is 2.00. The molecule has 0 heterocycles. The van der Waals surface area contributed by atoms with Crippen molar-refractivity contribution in [2.24, 2.45) is 0 Å². The van der Waals surface area contributed by atoms with E-state index in [1.54, 1.807) is 5.41 Å². The van der Waals surface area contributed by atoms with Gasteiger partial charge in [-0.3, -0.25) is 0 Å². The van der Waals surface area contributed by atoms with Crippen molar-refractivity contribution in [2.45, 2.75) is 0 Å². The highest BCUT2D eigenvalue weighted by molar-refractivity contribution is 7.83. The van der Waals surface area contributed by atoms with Gasteiger partial charge in [0.2, 0.25) is 0 Å². The van der Waals surface area contributed by atoms with E-state index in [0.717, 1.165) is 5.70 Å². The highest BCUT2D eigenvalue weighted by Gasteiger charge is 2.02. The maximum absolute atomic E-state index is 4.21. The van der Waals surface area contributed by atoms with Crippen LogP contribution >= 0.6 is 12.6 Å². The van der Waals surface area contributed by atoms with Gasteiger partial charge in [-0.05, 0) is 16.2 Å². The van der Waals surface area contributed by atoms with Crippen LogP contribution in [0.25, 0.3) is 16.5 Å². The molecule has 15 heavy (non-hydrogen) atoms. The first-order valence-corrected chi connectivity index (χ1v) is 5.38. The van der Waals surface area contributed by atoms with Crippen LogP contribution in [0.5, 0.6) is 0 Å². The molecule has 2 rings (SSSR count). The molecule has 0 amide bonds. The number of thiol groups is 1. The predicted molar refractivity (Wildman–Crippen MR) is 70.0 cm³/mol. The van der Waals surface area contributed by atoms with E-state index in [4.69, 9.17) is 0 Å². The molecule has 76 valence electrons. The third-order valence-electron chi connectivity index (χ3n) is 2.48. The van der Waals surface area contributed by atoms with Crippen LogP contribution < -0.4 is 5.32 Å². The molecule has 0 aliphatic carbocycles. The van der Waals surface area contributed by atoms with Crippen molar-refractivity contribution >= 4 is 29.1 Å². The molecule has 2 aromatic carbocycles. The van der Waals surface area contributed by atoms with Crippen molar-refractivity contribution in [3.63, 3.8) is 0 Å². The Bertz CT molecular complexity index is 497. The van der Waals surface area contributed by atoms with Gasteiger partial charge >= 0.3 is 0 Å². The number of fused-ring (bicyclic) bond motifs is 1. The summed E-state index contributed by atoms with van der Waals surface area (Å²) in [7, 11) is 1.91. The lowest BCUT2D eigenvalue weighted by Gasteiger charge is -2.09. The van der Waals surface area contributed by atoms with Crippen molar-refractivity contribution in [1.29, 1.82) is 0 Å². The molecule has 0 atom stereocenters. The van der Waals surface area contributed by atoms with Crippen LogP contribution in [0.15, 0.2) is 47.9 Å². The summed E-state index contributed by atoms with van der Waals surface area (Å²) in [5.74, 6) is 0. The van der Waals surface area contributed by atoms with E-state index in [1.165, 1.54) is 16.3 Å². The Balaban J connectivity index is 2.71. The Hall–Kier alpha value is -1.41. The molecule has 0 spiro atoms. The lowest BCUT2D eigenvalue weighted by atomic mass is 10.0. The third kappa shape index (κ3) is 1.85. The van der Waals surface area contributed by atoms with Crippen LogP contribution in [-0.2, 0) is 0 Å². The molecule has 1 nitrogen and oxygen atoms in total. The van der Waals surface area contributed by atoms with Crippen LogP contribution in [0.3, 0.4) is 0 Å². The fraction of sp³-hybridized carbons (Fsp3) is 0.0769. The summed E-state index contributed by atoms with van der Waals surface area (Å²) in [5.41, 5.74) is 2.22. The van der Waals surface area contributed by atoms with Crippen LogP contribution in [0.4, 0.5) is 0 Å².